The molecule has 1 fully saturated rings. The largest absolute Gasteiger partial charge is 0.474 e. The van der Waals surface area contributed by atoms with Gasteiger partial charge in [0.1, 0.15) is 6.10 Å². The van der Waals surface area contributed by atoms with Crippen molar-refractivity contribution in [3.8, 4) is 5.88 Å². The van der Waals surface area contributed by atoms with Crippen molar-refractivity contribution >= 4 is 5.96 Å². The van der Waals surface area contributed by atoms with Gasteiger partial charge in [-0.25, -0.2) is 4.98 Å². The summed E-state index contributed by atoms with van der Waals surface area (Å²) in [6.07, 6.45) is 6.78. The van der Waals surface area contributed by atoms with Gasteiger partial charge in [-0.1, -0.05) is 25.9 Å². The monoisotopic (exact) mass is 399 g/mol. The number of aromatic nitrogens is 2. The molecule has 29 heavy (non-hydrogen) atoms. The minimum atomic E-state index is 0.286. The second-order valence-electron chi connectivity index (χ2n) is 8.15. The first-order chi connectivity index (χ1) is 14.0. The maximum atomic E-state index is 6.10. The number of aliphatic imine (C=N–C) groups is 1. The molecule has 158 valence electrons. The Balaban J connectivity index is 1.47. The quantitative estimate of drug-likeness (QED) is 0.540. The summed E-state index contributed by atoms with van der Waals surface area (Å²) in [7, 11) is 1.75. The van der Waals surface area contributed by atoms with E-state index in [1.807, 2.05) is 18.2 Å². The van der Waals surface area contributed by atoms with E-state index in [1.165, 1.54) is 12.8 Å². The molecule has 0 bridgehead atoms. The number of ether oxygens (including phenoxy) is 1. The Hall–Kier alpha value is -2.57. The van der Waals surface area contributed by atoms with Crippen LogP contribution in [0.5, 0.6) is 5.88 Å². The molecular weight excluding hydrogens is 366 g/mol. The average Bonchev–Trinajstić information content (AvgIpc) is 3.20. The molecule has 0 spiro atoms. The lowest BCUT2D eigenvalue weighted by Crippen LogP contribution is -2.36. The number of hydrogen-bond acceptors (Lipinski definition) is 5. The predicted octanol–water partition coefficient (Wildman–Crippen LogP) is 4.02. The molecule has 7 nitrogen and oxygen atoms in total. The predicted molar refractivity (Wildman–Crippen MR) is 114 cm³/mol. The van der Waals surface area contributed by atoms with E-state index in [9.17, 15) is 0 Å². The summed E-state index contributed by atoms with van der Waals surface area (Å²) in [4.78, 5) is 8.65. The Morgan fingerprint density at radius 2 is 1.97 bits per heavy atom. The highest BCUT2D eigenvalue weighted by Crippen LogP contribution is 2.26. The third-order valence-corrected chi connectivity index (χ3v) is 5.33. The Bertz CT molecular complexity index is 794. The zero-order valence-corrected chi connectivity index (χ0v) is 17.9. The fourth-order valence-corrected chi connectivity index (χ4v) is 3.40. The Morgan fingerprint density at radius 1 is 1.21 bits per heavy atom. The van der Waals surface area contributed by atoms with Gasteiger partial charge in [0.2, 0.25) is 5.88 Å². The second kappa shape index (κ2) is 10.3. The van der Waals surface area contributed by atoms with E-state index in [4.69, 9.17) is 9.26 Å². The lowest BCUT2D eigenvalue weighted by molar-refractivity contribution is 0.130. The molecule has 0 amide bonds. The fourth-order valence-electron chi connectivity index (χ4n) is 3.40. The molecule has 0 saturated heterocycles. The summed E-state index contributed by atoms with van der Waals surface area (Å²) in [5, 5.41) is 10.6. The van der Waals surface area contributed by atoms with Gasteiger partial charge in [-0.05, 0) is 49.1 Å². The Labute approximate surface area is 173 Å². The second-order valence-corrected chi connectivity index (χ2v) is 8.15. The van der Waals surface area contributed by atoms with E-state index < -0.39 is 0 Å². The van der Waals surface area contributed by atoms with Gasteiger partial charge in [0, 0.05) is 31.9 Å². The fraction of sp³-hybridized carbons (Fsp3) is 0.591. The first-order valence-electron chi connectivity index (χ1n) is 10.5. The van der Waals surface area contributed by atoms with Crippen LogP contribution in [-0.2, 0) is 13.1 Å². The zero-order chi connectivity index (χ0) is 20.6. The standard InChI is InChI=1S/C22H33N5O2/c1-15(2)20-12-19(29-27-20)14-26-22(23-4)25-13-17-9-10-24-21(11-17)28-18-7-5-16(3)6-8-18/h9-12,15-16,18H,5-8,13-14H2,1-4H3,(H2,23,25,26). The van der Waals surface area contributed by atoms with Gasteiger partial charge < -0.3 is 19.9 Å². The lowest BCUT2D eigenvalue weighted by atomic mass is 9.89. The highest BCUT2D eigenvalue weighted by molar-refractivity contribution is 5.79. The number of hydrogen-bond donors (Lipinski definition) is 2. The minimum absolute atomic E-state index is 0.286. The Kier molecular flexibility index (Phi) is 7.49. The molecule has 2 heterocycles. The smallest absolute Gasteiger partial charge is 0.213 e. The van der Waals surface area contributed by atoms with E-state index in [2.05, 4.69) is 46.5 Å². The third-order valence-electron chi connectivity index (χ3n) is 5.33. The summed E-state index contributed by atoms with van der Waals surface area (Å²) < 4.78 is 11.5. The van der Waals surface area contributed by atoms with Crippen LogP contribution in [0.2, 0.25) is 0 Å². The van der Waals surface area contributed by atoms with Crippen LogP contribution < -0.4 is 15.4 Å². The van der Waals surface area contributed by atoms with E-state index >= 15 is 0 Å². The first-order valence-corrected chi connectivity index (χ1v) is 10.5. The van der Waals surface area contributed by atoms with Crippen LogP contribution in [-0.4, -0.2) is 29.3 Å². The van der Waals surface area contributed by atoms with Crippen molar-refractivity contribution in [2.75, 3.05) is 7.05 Å². The van der Waals surface area contributed by atoms with Crippen LogP contribution in [0.1, 0.15) is 69.4 Å². The van der Waals surface area contributed by atoms with E-state index in [-0.39, 0.29) is 6.10 Å². The van der Waals surface area contributed by atoms with Crippen molar-refractivity contribution in [3.05, 3.63) is 41.4 Å². The van der Waals surface area contributed by atoms with Gasteiger partial charge in [0.05, 0.1) is 12.2 Å². The molecule has 3 rings (SSSR count). The van der Waals surface area contributed by atoms with Gasteiger partial charge in [-0.15, -0.1) is 0 Å². The summed E-state index contributed by atoms with van der Waals surface area (Å²) in [5.41, 5.74) is 2.06. The van der Waals surface area contributed by atoms with Gasteiger partial charge >= 0.3 is 0 Å². The molecular formula is C22H33N5O2. The van der Waals surface area contributed by atoms with E-state index in [1.54, 1.807) is 13.2 Å². The van der Waals surface area contributed by atoms with Crippen LogP contribution in [0.3, 0.4) is 0 Å². The van der Waals surface area contributed by atoms with Gasteiger partial charge in [-0.3, -0.25) is 4.99 Å². The third kappa shape index (κ3) is 6.48. The van der Waals surface area contributed by atoms with Crippen LogP contribution in [0.15, 0.2) is 33.9 Å². The highest BCUT2D eigenvalue weighted by atomic mass is 16.5. The van der Waals surface area contributed by atoms with Crippen LogP contribution in [0, 0.1) is 5.92 Å². The summed E-state index contributed by atoms with van der Waals surface area (Å²) in [5.74, 6) is 3.36. The molecule has 0 radical (unpaired) electrons. The average molecular weight is 400 g/mol. The van der Waals surface area contributed by atoms with Crippen LogP contribution >= 0.6 is 0 Å². The molecule has 0 aliphatic heterocycles. The van der Waals surface area contributed by atoms with Crippen molar-refractivity contribution in [2.45, 2.75) is 71.6 Å². The van der Waals surface area contributed by atoms with Crippen LogP contribution in [0.4, 0.5) is 0 Å². The van der Waals surface area contributed by atoms with Crippen molar-refractivity contribution in [2.24, 2.45) is 10.9 Å². The first kappa shape index (κ1) is 21.1. The van der Waals surface area contributed by atoms with E-state index in [0.717, 1.165) is 35.8 Å². The summed E-state index contributed by atoms with van der Waals surface area (Å²) >= 11 is 0. The molecule has 0 atom stereocenters. The van der Waals surface area contributed by atoms with Crippen molar-refractivity contribution in [1.29, 1.82) is 0 Å². The van der Waals surface area contributed by atoms with E-state index in [0.29, 0.717) is 30.8 Å². The molecule has 7 heteroatoms. The maximum absolute atomic E-state index is 6.10. The molecule has 0 unspecified atom stereocenters. The number of rotatable bonds is 7. The topological polar surface area (TPSA) is 84.6 Å². The van der Waals surface area contributed by atoms with Gasteiger partial charge in [0.25, 0.3) is 0 Å². The minimum Gasteiger partial charge on any atom is -0.474 e. The van der Waals surface area contributed by atoms with Crippen molar-refractivity contribution in [3.63, 3.8) is 0 Å². The van der Waals surface area contributed by atoms with Gasteiger partial charge in [-0.2, -0.15) is 0 Å². The molecule has 2 aromatic heterocycles. The molecule has 0 aromatic carbocycles. The number of pyridine rings is 1. The summed E-state index contributed by atoms with van der Waals surface area (Å²) in [6.45, 7) is 7.67. The van der Waals surface area contributed by atoms with Crippen molar-refractivity contribution in [1.82, 2.24) is 20.8 Å². The van der Waals surface area contributed by atoms with Crippen LogP contribution in [0.25, 0.3) is 0 Å². The SMILES string of the molecule is CN=C(NCc1ccnc(OC2CCC(C)CC2)c1)NCc1cc(C(C)C)no1. The maximum Gasteiger partial charge on any atom is 0.213 e. The van der Waals surface area contributed by atoms with Gasteiger partial charge in [0.15, 0.2) is 11.7 Å². The van der Waals surface area contributed by atoms with Crippen molar-refractivity contribution < 1.29 is 9.26 Å². The molecule has 1 aliphatic carbocycles. The number of nitrogens with zero attached hydrogens (tertiary/aromatic N) is 3. The lowest BCUT2D eigenvalue weighted by Gasteiger charge is -2.26. The summed E-state index contributed by atoms with van der Waals surface area (Å²) in [6, 6.07) is 5.97. The molecule has 1 saturated carbocycles. The molecule has 1 aliphatic rings. The normalized spacial score (nSPS) is 20.0. The molecule has 2 aromatic rings. The number of nitrogens with one attached hydrogen (secondary N) is 2. The zero-order valence-electron chi connectivity index (χ0n) is 17.9. The highest BCUT2D eigenvalue weighted by Gasteiger charge is 2.20. The molecule has 2 N–H and O–H groups in total. The number of guanidine groups is 1. The Morgan fingerprint density at radius 3 is 2.66 bits per heavy atom.